The molecule has 0 radical (unpaired) electrons. The van der Waals surface area contributed by atoms with Crippen LogP contribution in [0, 0.1) is 0 Å². The van der Waals surface area contributed by atoms with E-state index in [0.29, 0.717) is 0 Å². The second-order valence-electron chi connectivity index (χ2n) is 5.87. The van der Waals surface area contributed by atoms with Gasteiger partial charge in [-0.2, -0.15) is 0 Å². The summed E-state index contributed by atoms with van der Waals surface area (Å²) in [5.41, 5.74) is 4.77. The van der Waals surface area contributed by atoms with E-state index in [-0.39, 0.29) is 10.9 Å². The van der Waals surface area contributed by atoms with Crippen LogP contribution in [0.5, 0.6) is 0 Å². The summed E-state index contributed by atoms with van der Waals surface area (Å²) in [6.45, 7) is 2.10. The molecule has 4 heteroatoms. The molecule has 0 aromatic heterocycles. The first-order valence-corrected chi connectivity index (χ1v) is 8.94. The summed E-state index contributed by atoms with van der Waals surface area (Å²) in [6.07, 6.45) is 0.974. The zero-order chi connectivity index (χ0) is 18.4. The Morgan fingerprint density at radius 2 is 1.50 bits per heavy atom. The summed E-state index contributed by atoms with van der Waals surface area (Å²) in [5, 5.41) is 5.90. The Morgan fingerprint density at radius 1 is 0.846 bits per heavy atom. The quantitative estimate of drug-likeness (QED) is 0.621. The summed E-state index contributed by atoms with van der Waals surface area (Å²) in [4.78, 5) is 12.6. The van der Waals surface area contributed by atoms with Gasteiger partial charge in [0.15, 0.2) is 4.99 Å². The molecule has 0 atom stereocenters. The summed E-state index contributed by atoms with van der Waals surface area (Å²) in [7, 11) is 0. The molecule has 0 aliphatic rings. The van der Waals surface area contributed by atoms with Crippen molar-refractivity contribution in [2.45, 2.75) is 13.3 Å². The number of amides is 1. The minimum Gasteiger partial charge on any atom is -0.342 e. The van der Waals surface area contributed by atoms with Gasteiger partial charge in [-0.25, -0.2) is 0 Å². The first-order valence-electron chi connectivity index (χ1n) is 8.53. The predicted octanol–water partition coefficient (Wildman–Crippen LogP) is 5.29. The van der Waals surface area contributed by atoms with Crippen LogP contribution in [0.15, 0.2) is 78.9 Å². The number of rotatable bonds is 4. The molecule has 0 bridgehead atoms. The van der Waals surface area contributed by atoms with Crippen molar-refractivity contribution < 1.29 is 4.79 Å². The van der Waals surface area contributed by atoms with Crippen molar-refractivity contribution in [3.8, 4) is 11.1 Å². The first-order chi connectivity index (χ1) is 12.7. The summed E-state index contributed by atoms with van der Waals surface area (Å²) in [5.74, 6) is -0.331. The van der Waals surface area contributed by atoms with Gasteiger partial charge < -0.3 is 10.6 Å². The van der Waals surface area contributed by atoms with E-state index in [1.165, 1.54) is 5.56 Å². The molecule has 130 valence electrons. The Labute approximate surface area is 159 Å². The Morgan fingerprint density at radius 3 is 2.19 bits per heavy atom. The number of hydrogen-bond donors (Lipinski definition) is 2. The van der Waals surface area contributed by atoms with Crippen LogP contribution >= 0.6 is 12.2 Å². The van der Waals surface area contributed by atoms with E-state index in [0.717, 1.165) is 28.9 Å². The van der Waals surface area contributed by atoms with E-state index in [1.54, 1.807) is 0 Å². The highest BCUT2D eigenvalue weighted by Gasteiger charge is 2.12. The second kappa shape index (κ2) is 8.41. The van der Waals surface area contributed by atoms with Crippen LogP contribution in [0.1, 0.15) is 12.5 Å². The number of carbonyl (C=O) groups excluding carboxylic acids is 1. The first kappa shape index (κ1) is 17.8. The molecule has 3 aromatic rings. The maximum atomic E-state index is 12.5. The lowest BCUT2D eigenvalue weighted by Crippen LogP contribution is -2.27. The average Bonchev–Trinajstić information content (AvgIpc) is 2.69. The molecule has 0 unspecified atom stereocenters. The molecule has 26 heavy (non-hydrogen) atoms. The van der Waals surface area contributed by atoms with Gasteiger partial charge in [-0.1, -0.05) is 79.8 Å². The molecule has 0 saturated heterocycles. The highest BCUT2D eigenvalue weighted by atomic mass is 32.1. The number of thiocarbonyl (C=S) groups is 1. The van der Waals surface area contributed by atoms with Crippen molar-refractivity contribution in [1.29, 1.82) is 0 Å². The van der Waals surface area contributed by atoms with Crippen LogP contribution in [-0.2, 0) is 11.2 Å². The SMILES string of the molecule is CCc1ccc(NC(=S)C(=O)Nc2ccccc2-c2ccccc2)cc1. The third-order valence-electron chi connectivity index (χ3n) is 4.09. The molecule has 0 fully saturated rings. The molecular weight excluding hydrogens is 340 g/mol. The topological polar surface area (TPSA) is 41.1 Å². The van der Waals surface area contributed by atoms with Gasteiger partial charge in [0.2, 0.25) is 0 Å². The van der Waals surface area contributed by atoms with Gasteiger partial charge in [0.25, 0.3) is 5.91 Å². The largest absolute Gasteiger partial charge is 0.342 e. The van der Waals surface area contributed by atoms with Crippen LogP contribution < -0.4 is 10.6 Å². The molecule has 3 rings (SSSR count). The second-order valence-corrected chi connectivity index (χ2v) is 6.28. The number of benzene rings is 3. The molecule has 0 aliphatic carbocycles. The zero-order valence-corrected chi connectivity index (χ0v) is 15.3. The molecule has 0 aliphatic heterocycles. The highest BCUT2D eigenvalue weighted by molar-refractivity contribution is 7.82. The normalized spacial score (nSPS) is 10.2. The van der Waals surface area contributed by atoms with Crippen molar-refractivity contribution in [3.05, 3.63) is 84.4 Å². The van der Waals surface area contributed by atoms with Gasteiger partial charge >= 0.3 is 0 Å². The molecule has 0 spiro atoms. The Balaban J connectivity index is 1.72. The number of para-hydroxylation sites is 1. The lowest BCUT2D eigenvalue weighted by atomic mass is 10.0. The van der Waals surface area contributed by atoms with Gasteiger partial charge in [-0.15, -0.1) is 0 Å². The minimum atomic E-state index is -0.331. The van der Waals surface area contributed by atoms with Gasteiger partial charge in [0, 0.05) is 16.9 Å². The third kappa shape index (κ3) is 4.35. The number of hydrogen-bond acceptors (Lipinski definition) is 2. The van der Waals surface area contributed by atoms with E-state index in [1.807, 2.05) is 78.9 Å². The van der Waals surface area contributed by atoms with Crippen LogP contribution in [0.25, 0.3) is 11.1 Å². The Hall–Kier alpha value is -2.98. The molecule has 0 saturated carbocycles. The molecule has 3 nitrogen and oxygen atoms in total. The van der Waals surface area contributed by atoms with Gasteiger partial charge in [0.1, 0.15) is 0 Å². The van der Waals surface area contributed by atoms with Crippen LogP contribution in [-0.4, -0.2) is 10.9 Å². The monoisotopic (exact) mass is 360 g/mol. The van der Waals surface area contributed by atoms with Gasteiger partial charge in [0.05, 0.1) is 0 Å². The Kier molecular flexibility index (Phi) is 5.77. The predicted molar refractivity (Wildman–Crippen MR) is 113 cm³/mol. The number of carbonyl (C=O) groups is 1. The Bertz CT molecular complexity index is 905. The minimum absolute atomic E-state index is 0.136. The van der Waals surface area contributed by atoms with Crippen molar-refractivity contribution >= 4 is 34.5 Å². The fraction of sp³-hybridized carbons (Fsp3) is 0.0909. The summed E-state index contributed by atoms with van der Waals surface area (Å²) >= 11 is 5.26. The molecule has 2 N–H and O–H groups in total. The van der Waals surface area contributed by atoms with E-state index in [2.05, 4.69) is 17.6 Å². The third-order valence-corrected chi connectivity index (χ3v) is 4.37. The van der Waals surface area contributed by atoms with E-state index in [9.17, 15) is 4.79 Å². The van der Waals surface area contributed by atoms with E-state index >= 15 is 0 Å². The maximum absolute atomic E-state index is 12.5. The van der Waals surface area contributed by atoms with E-state index in [4.69, 9.17) is 12.2 Å². The molecular formula is C22H20N2OS. The lowest BCUT2D eigenvalue weighted by molar-refractivity contribution is -0.110. The smallest absolute Gasteiger partial charge is 0.283 e. The fourth-order valence-corrected chi connectivity index (χ4v) is 2.82. The van der Waals surface area contributed by atoms with Gasteiger partial charge in [-0.05, 0) is 35.7 Å². The number of aryl methyl sites for hydroxylation is 1. The van der Waals surface area contributed by atoms with Crippen LogP contribution in [0.3, 0.4) is 0 Å². The van der Waals surface area contributed by atoms with Crippen molar-refractivity contribution in [1.82, 2.24) is 0 Å². The van der Waals surface area contributed by atoms with Crippen LogP contribution in [0.2, 0.25) is 0 Å². The van der Waals surface area contributed by atoms with Crippen molar-refractivity contribution in [2.24, 2.45) is 0 Å². The van der Waals surface area contributed by atoms with E-state index < -0.39 is 0 Å². The maximum Gasteiger partial charge on any atom is 0.283 e. The standard InChI is InChI=1S/C22H20N2OS/c1-2-16-12-14-18(15-13-16)23-22(26)21(25)24-20-11-7-6-10-19(20)17-8-4-3-5-9-17/h3-15H,2H2,1H3,(H,23,26)(H,24,25). The highest BCUT2D eigenvalue weighted by Crippen LogP contribution is 2.27. The van der Waals surface area contributed by atoms with Gasteiger partial charge in [-0.3, -0.25) is 4.79 Å². The average molecular weight is 360 g/mol. The summed E-state index contributed by atoms with van der Waals surface area (Å²) in [6, 6.07) is 25.5. The molecule has 1 amide bonds. The van der Waals surface area contributed by atoms with Crippen LogP contribution in [0.4, 0.5) is 11.4 Å². The molecule has 3 aromatic carbocycles. The fourth-order valence-electron chi connectivity index (χ4n) is 2.65. The molecule has 0 heterocycles. The number of nitrogens with one attached hydrogen (secondary N) is 2. The van der Waals surface area contributed by atoms with Crippen molar-refractivity contribution in [3.63, 3.8) is 0 Å². The lowest BCUT2D eigenvalue weighted by Gasteiger charge is -2.13. The summed E-state index contributed by atoms with van der Waals surface area (Å²) < 4.78 is 0. The zero-order valence-electron chi connectivity index (χ0n) is 14.5. The number of anilines is 2. The van der Waals surface area contributed by atoms with Crippen molar-refractivity contribution in [2.75, 3.05) is 10.6 Å².